The highest BCUT2D eigenvalue weighted by molar-refractivity contribution is 5.88. The summed E-state index contributed by atoms with van der Waals surface area (Å²) in [7, 11) is 0. The highest BCUT2D eigenvalue weighted by Gasteiger charge is 2.19. The predicted octanol–water partition coefficient (Wildman–Crippen LogP) is 6.51. The van der Waals surface area contributed by atoms with Crippen LogP contribution in [-0.2, 0) is 6.42 Å². The number of rotatable bonds is 7. The number of imidazole rings is 1. The van der Waals surface area contributed by atoms with Gasteiger partial charge in [0, 0.05) is 41.8 Å². The first-order valence-electron chi connectivity index (χ1n) is 12.8. The molecule has 0 aliphatic heterocycles. The van der Waals surface area contributed by atoms with E-state index in [0.717, 1.165) is 46.6 Å². The van der Waals surface area contributed by atoms with Gasteiger partial charge in [-0.25, -0.2) is 14.4 Å². The number of allylic oxidation sites excluding steroid dienone is 1. The average Bonchev–Trinajstić information content (AvgIpc) is 3.62. The van der Waals surface area contributed by atoms with Crippen LogP contribution >= 0.6 is 0 Å². The fraction of sp³-hybridized carbons (Fsp3) is 0.200. The van der Waals surface area contributed by atoms with Crippen LogP contribution in [0.2, 0.25) is 0 Å². The summed E-state index contributed by atoms with van der Waals surface area (Å²) >= 11 is 0. The average molecular weight is 506 g/mol. The summed E-state index contributed by atoms with van der Waals surface area (Å²) in [4.78, 5) is 21.2. The minimum atomic E-state index is -0.477. The van der Waals surface area contributed by atoms with Crippen LogP contribution in [0.25, 0.3) is 33.5 Å². The third kappa shape index (κ3) is 4.72. The van der Waals surface area contributed by atoms with Gasteiger partial charge in [-0.1, -0.05) is 25.5 Å². The molecule has 6 rings (SSSR count). The summed E-state index contributed by atoms with van der Waals surface area (Å²) in [5.41, 5.74) is 13.3. The van der Waals surface area contributed by atoms with E-state index < -0.39 is 5.82 Å². The third-order valence-electron chi connectivity index (χ3n) is 7.18. The normalized spacial score (nSPS) is 13.7. The zero-order valence-corrected chi connectivity index (χ0v) is 20.9. The summed E-state index contributed by atoms with van der Waals surface area (Å²) in [6.45, 7) is 4.23. The van der Waals surface area contributed by atoms with E-state index in [-0.39, 0.29) is 5.69 Å². The zero-order valence-electron chi connectivity index (χ0n) is 20.9. The first-order chi connectivity index (χ1) is 18.5. The van der Waals surface area contributed by atoms with Crippen molar-refractivity contribution in [1.29, 1.82) is 0 Å². The van der Waals surface area contributed by atoms with Crippen LogP contribution in [0.1, 0.15) is 37.1 Å². The SMILES string of the molecule is C=C(Nc1cncc(-c2cc(F)c(N)c(Cc3nc4nccc(-c5ccccn5)c4[nH]3)c2)c1)C1CCCC1. The van der Waals surface area contributed by atoms with Crippen LogP contribution in [-0.4, -0.2) is 24.9 Å². The Kier molecular flexibility index (Phi) is 6.29. The van der Waals surface area contributed by atoms with Gasteiger partial charge in [0.15, 0.2) is 5.65 Å². The smallest absolute Gasteiger partial charge is 0.178 e. The lowest BCUT2D eigenvalue weighted by Gasteiger charge is -2.16. The maximum Gasteiger partial charge on any atom is 0.178 e. The molecule has 0 saturated heterocycles. The van der Waals surface area contributed by atoms with Gasteiger partial charge in [-0.15, -0.1) is 0 Å². The number of nitrogen functional groups attached to an aromatic ring is 1. The van der Waals surface area contributed by atoms with Crippen molar-refractivity contribution in [3.63, 3.8) is 0 Å². The molecule has 190 valence electrons. The third-order valence-corrected chi connectivity index (χ3v) is 7.18. The Balaban J connectivity index is 1.30. The minimum Gasteiger partial charge on any atom is -0.396 e. The molecule has 5 aromatic rings. The Morgan fingerprint density at radius 1 is 1.05 bits per heavy atom. The number of H-pyrrole nitrogens is 1. The number of benzene rings is 1. The van der Waals surface area contributed by atoms with E-state index in [4.69, 9.17) is 5.73 Å². The van der Waals surface area contributed by atoms with Gasteiger partial charge in [-0.2, -0.15) is 0 Å². The molecule has 0 amide bonds. The van der Waals surface area contributed by atoms with Crippen molar-refractivity contribution in [2.75, 3.05) is 11.1 Å². The van der Waals surface area contributed by atoms with Crippen LogP contribution in [0, 0.1) is 11.7 Å². The Bertz CT molecular complexity index is 1620. The Morgan fingerprint density at radius 2 is 1.92 bits per heavy atom. The van der Waals surface area contributed by atoms with Crippen LogP contribution in [0.5, 0.6) is 0 Å². The number of anilines is 2. The van der Waals surface area contributed by atoms with Gasteiger partial charge >= 0.3 is 0 Å². The Morgan fingerprint density at radius 3 is 2.74 bits per heavy atom. The topological polar surface area (TPSA) is 105 Å². The number of pyridine rings is 3. The molecule has 4 aromatic heterocycles. The molecule has 4 heterocycles. The van der Waals surface area contributed by atoms with E-state index in [0.29, 0.717) is 34.9 Å². The van der Waals surface area contributed by atoms with Gasteiger partial charge in [0.1, 0.15) is 11.6 Å². The molecule has 1 aliphatic carbocycles. The summed E-state index contributed by atoms with van der Waals surface area (Å²) in [6, 6.07) is 13.0. The summed E-state index contributed by atoms with van der Waals surface area (Å²) in [5, 5.41) is 3.41. The van der Waals surface area contributed by atoms with Crippen LogP contribution in [0.15, 0.2) is 79.5 Å². The van der Waals surface area contributed by atoms with Crippen molar-refractivity contribution in [3.05, 3.63) is 96.7 Å². The quantitative estimate of drug-likeness (QED) is 0.218. The maximum absolute atomic E-state index is 15.0. The van der Waals surface area contributed by atoms with E-state index in [9.17, 15) is 0 Å². The lowest BCUT2D eigenvalue weighted by atomic mass is 10.00. The molecule has 4 N–H and O–H groups in total. The molecule has 0 spiro atoms. The monoisotopic (exact) mass is 505 g/mol. The van der Waals surface area contributed by atoms with E-state index in [1.165, 1.54) is 18.9 Å². The number of hydrogen-bond acceptors (Lipinski definition) is 6. The molecule has 7 nitrogen and oxygen atoms in total. The lowest BCUT2D eigenvalue weighted by Crippen LogP contribution is -2.07. The molecule has 1 aromatic carbocycles. The highest BCUT2D eigenvalue weighted by atomic mass is 19.1. The molecule has 1 fully saturated rings. The van der Waals surface area contributed by atoms with Gasteiger partial charge in [-0.3, -0.25) is 9.97 Å². The zero-order chi connectivity index (χ0) is 26.1. The van der Waals surface area contributed by atoms with Crippen molar-refractivity contribution in [1.82, 2.24) is 24.9 Å². The molecular formula is C30H28FN7. The fourth-order valence-electron chi connectivity index (χ4n) is 5.17. The first-order valence-corrected chi connectivity index (χ1v) is 12.8. The lowest BCUT2D eigenvalue weighted by molar-refractivity contribution is 0.631. The Hall–Kier alpha value is -4.59. The summed E-state index contributed by atoms with van der Waals surface area (Å²) < 4.78 is 15.0. The van der Waals surface area contributed by atoms with Gasteiger partial charge < -0.3 is 16.0 Å². The predicted molar refractivity (Wildman–Crippen MR) is 149 cm³/mol. The molecule has 0 bridgehead atoms. The second-order valence-corrected chi connectivity index (χ2v) is 9.76. The summed E-state index contributed by atoms with van der Waals surface area (Å²) in [6.07, 6.45) is 12.1. The number of aromatic nitrogens is 5. The minimum absolute atomic E-state index is 0.101. The van der Waals surface area contributed by atoms with Crippen LogP contribution in [0.4, 0.5) is 15.8 Å². The Labute approximate surface area is 220 Å². The van der Waals surface area contributed by atoms with E-state index in [1.807, 2.05) is 36.4 Å². The molecule has 0 unspecified atom stereocenters. The van der Waals surface area contributed by atoms with Gasteiger partial charge in [0.25, 0.3) is 0 Å². The van der Waals surface area contributed by atoms with E-state index in [2.05, 4.69) is 36.8 Å². The van der Waals surface area contributed by atoms with Crippen molar-refractivity contribution >= 4 is 22.5 Å². The number of aromatic amines is 1. The number of nitrogens with two attached hydrogens (primary N) is 1. The fourth-order valence-corrected chi connectivity index (χ4v) is 5.17. The molecule has 38 heavy (non-hydrogen) atoms. The van der Waals surface area contributed by atoms with Gasteiger partial charge in [-0.05, 0) is 66.3 Å². The number of halogens is 1. The van der Waals surface area contributed by atoms with Crippen molar-refractivity contribution in [3.8, 4) is 22.4 Å². The van der Waals surface area contributed by atoms with E-state index in [1.54, 1.807) is 24.8 Å². The number of nitrogens with one attached hydrogen (secondary N) is 2. The number of nitrogens with zero attached hydrogens (tertiary/aromatic N) is 4. The second kappa shape index (κ2) is 10.0. The van der Waals surface area contributed by atoms with Gasteiger partial charge in [0.2, 0.25) is 0 Å². The maximum atomic E-state index is 15.0. The van der Waals surface area contributed by atoms with Crippen molar-refractivity contribution in [2.24, 2.45) is 5.92 Å². The number of fused-ring (bicyclic) bond motifs is 1. The van der Waals surface area contributed by atoms with E-state index >= 15 is 4.39 Å². The molecule has 0 radical (unpaired) electrons. The van der Waals surface area contributed by atoms with Crippen molar-refractivity contribution < 1.29 is 4.39 Å². The molecule has 0 atom stereocenters. The molecule has 8 heteroatoms. The van der Waals surface area contributed by atoms with Crippen LogP contribution in [0.3, 0.4) is 0 Å². The second-order valence-electron chi connectivity index (χ2n) is 9.76. The largest absolute Gasteiger partial charge is 0.396 e. The first kappa shape index (κ1) is 23.8. The molecular weight excluding hydrogens is 477 g/mol. The highest BCUT2D eigenvalue weighted by Crippen LogP contribution is 2.33. The molecule has 1 aliphatic rings. The van der Waals surface area contributed by atoms with Crippen molar-refractivity contribution in [2.45, 2.75) is 32.1 Å². The molecule has 1 saturated carbocycles. The standard InChI is InChI=1S/C30H28FN7/c1-18(19-6-2-3-7-19)36-23-13-22(16-33-17-23)20-12-21(28(32)25(31)14-20)15-27-37-29-24(9-11-35-30(29)38-27)26-8-4-5-10-34-26/h4-5,8-14,16-17,19,36H,1-3,6-7,15,32H2,(H,35,37,38). The summed E-state index contributed by atoms with van der Waals surface area (Å²) in [5.74, 6) is 0.644. The van der Waals surface area contributed by atoms with Gasteiger partial charge in [0.05, 0.1) is 28.8 Å². The number of hydrogen-bond donors (Lipinski definition) is 3. The van der Waals surface area contributed by atoms with Crippen LogP contribution < -0.4 is 11.1 Å².